The van der Waals surface area contributed by atoms with Gasteiger partial charge >= 0.3 is 0 Å². The molecule has 0 aromatic heterocycles. The van der Waals surface area contributed by atoms with Gasteiger partial charge in [-0.15, -0.1) is 0 Å². The quantitative estimate of drug-likeness (QED) is 0.869. The monoisotopic (exact) mass is 325 g/mol. The van der Waals surface area contributed by atoms with Gasteiger partial charge in [0, 0.05) is 16.6 Å². The summed E-state index contributed by atoms with van der Waals surface area (Å²) in [5.74, 6) is -0.314. The number of carbonyl (C=O) groups is 2. The molecule has 1 aromatic rings. The highest BCUT2D eigenvalue weighted by Crippen LogP contribution is 2.25. The fourth-order valence-electron chi connectivity index (χ4n) is 2.22. The molecule has 1 fully saturated rings. The van der Waals surface area contributed by atoms with Crippen LogP contribution in [0.25, 0.3) is 0 Å². The number of hydrogen-bond acceptors (Lipinski definition) is 3. The summed E-state index contributed by atoms with van der Waals surface area (Å²) in [7, 11) is 0. The number of ether oxygens (including phenoxy) is 1. The second-order valence-electron chi connectivity index (χ2n) is 4.71. The Bertz CT molecular complexity index is 515. The molecule has 102 valence electrons. The van der Waals surface area contributed by atoms with E-state index < -0.39 is 0 Å². The Morgan fingerprint density at radius 3 is 2.74 bits per heavy atom. The number of hydrogen-bond donors (Lipinski definition) is 1. The van der Waals surface area contributed by atoms with Gasteiger partial charge in [0.2, 0.25) is 5.91 Å². The zero-order valence-electron chi connectivity index (χ0n) is 10.9. The molecule has 0 aliphatic carbocycles. The van der Waals surface area contributed by atoms with Crippen LogP contribution in [0.5, 0.6) is 0 Å². The van der Waals surface area contributed by atoms with Gasteiger partial charge in [-0.2, -0.15) is 0 Å². The van der Waals surface area contributed by atoms with Crippen LogP contribution in [0.4, 0.5) is 5.69 Å². The Balaban J connectivity index is 2.19. The SMILES string of the molecule is CC(=O)c1cc(Br)ccc1NC(=O)[C@H]1CCO[C@@H]1C. The number of anilines is 1. The highest BCUT2D eigenvalue weighted by atomic mass is 79.9. The largest absolute Gasteiger partial charge is 0.378 e. The molecular weight excluding hydrogens is 310 g/mol. The molecule has 1 amide bonds. The molecule has 4 nitrogen and oxygen atoms in total. The molecule has 0 saturated carbocycles. The third-order valence-corrected chi connectivity index (χ3v) is 3.83. The number of halogens is 1. The topological polar surface area (TPSA) is 55.4 Å². The van der Waals surface area contributed by atoms with E-state index in [1.54, 1.807) is 18.2 Å². The van der Waals surface area contributed by atoms with Gasteiger partial charge in [0.25, 0.3) is 0 Å². The highest BCUT2D eigenvalue weighted by Gasteiger charge is 2.31. The molecule has 1 saturated heterocycles. The van der Waals surface area contributed by atoms with Gasteiger partial charge in [-0.1, -0.05) is 15.9 Å². The van der Waals surface area contributed by atoms with Crippen molar-refractivity contribution in [2.24, 2.45) is 5.92 Å². The third-order valence-electron chi connectivity index (χ3n) is 3.33. The van der Waals surface area contributed by atoms with E-state index in [9.17, 15) is 9.59 Å². The van der Waals surface area contributed by atoms with Crippen LogP contribution in [0, 0.1) is 5.92 Å². The second-order valence-corrected chi connectivity index (χ2v) is 5.62. The number of rotatable bonds is 3. The van der Waals surface area contributed by atoms with Crippen molar-refractivity contribution in [3.05, 3.63) is 28.2 Å². The molecule has 1 heterocycles. The minimum atomic E-state index is -0.150. The molecule has 0 unspecified atom stereocenters. The number of carbonyl (C=O) groups excluding carboxylic acids is 2. The van der Waals surface area contributed by atoms with Crippen molar-refractivity contribution in [2.75, 3.05) is 11.9 Å². The van der Waals surface area contributed by atoms with Crippen LogP contribution < -0.4 is 5.32 Å². The lowest BCUT2D eigenvalue weighted by molar-refractivity contribution is -0.121. The van der Waals surface area contributed by atoms with Crippen LogP contribution in [0.15, 0.2) is 22.7 Å². The van der Waals surface area contributed by atoms with E-state index in [-0.39, 0.29) is 23.7 Å². The molecule has 2 rings (SSSR count). The van der Waals surface area contributed by atoms with E-state index in [1.165, 1.54) is 6.92 Å². The van der Waals surface area contributed by atoms with Crippen molar-refractivity contribution in [1.82, 2.24) is 0 Å². The Hall–Kier alpha value is -1.20. The van der Waals surface area contributed by atoms with Gasteiger partial charge in [-0.3, -0.25) is 9.59 Å². The second kappa shape index (κ2) is 5.84. The number of nitrogens with one attached hydrogen (secondary N) is 1. The number of ketones is 1. The summed E-state index contributed by atoms with van der Waals surface area (Å²) in [4.78, 5) is 23.8. The lowest BCUT2D eigenvalue weighted by Gasteiger charge is -2.15. The lowest BCUT2D eigenvalue weighted by Crippen LogP contribution is -2.28. The van der Waals surface area contributed by atoms with Gasteiger partial charge in [-0.05, 0) is 38.5 Å². The summed E-state index contributed by atoms with van der Waals surface area (Å²) >= 11 is 3.32. The van der Waals surface area contributed by atoms with Crippen molar-refractivity contribution < 1.29 is 14.3 Å². The summed E-state index contributed by atoms with van der Waals surface area (Å²) in [5.41, 5.74) is 1.06. The summed E-state index contributed by atoms with van der Waals surface area (Å²) in [6, 6.07) is 5.25. The van der Waals surface area contributed by atoms with Gasteiger partial charge in [-0.25, -0.2) is 0 Å². The average molecular weight is 326 g/mol. The molecule has 1 aromatic carbocycles. The van der Waals surface area contributed by atoms with Crippen LogP contribution in [-0.4, -0.2) is 24.4 Å². The van der Waals surface area contributed by atoms with E-state index in [0.29, 0.717) is 17.9 Å². The van der Waals surface area contributed by atoms with Crippen LogP contribution in [-0.2, 0) is 9.53 Å². The molecule has 2 atom stereocenters. The normalized spacial score (nSPS) is 22.3. The minimum Gasteiger partial charge on any atom is -0.378 e. The van der Waals surface area contributed by atoms with Crippen molar-refractivity contribution in [3.8, 4) is 0 Å². The summed E-state index contributed by atoms with van der Waals surface area (Å²) in [5, 5.41) is 2.83. The van der Waals surface area contributed by atoms with Gasteiger partial charge in [0.1, 0.15) is 0 Å². The van der Waals surface area contributed by atoms with E-state index in [1.807, 2.05) is 6.92 Å². The number of benzene rings is 1. The molecule has 1 aliphatic heterocycles. The van der Waals surface area contributed by atoms with Crippen molar-refractivity contribution in [2.45, 2.75) is 26.4 Å². The van der Waals surface area contributed by atoms with Gasteiger partial charge in [0.05, 0.1) is 17.7 Å². The first-order valence-corrected chi connectivity index (χ1v) is 7.01. The molecule has 1 aliphatic rings. The van der Waals surface area contributed by atoms with Crippen molar-refractivity contribution in [1.29, 1.82) is 0 Å². The maximum Gasteiger partial charge on any atom is 0.230 e. The molecular formula is C14H16BrNO3. The van der Waals surface area contributed by atoms with E-state index in [0.717, 1.165) is 10.9 Å². The molecule has 0 spiro atoms. The summed E-state index contributed by atoms with van der Waals surface area (Å²) < 4.78 is 6.20. The van der Waals surface area contributed by atoms with Crippen LogP contribution in [0.2, 0.25) is 0 Å². The van der Waals surface area contributed by atoms with Gasteiger partial charge in [0.15, 0.2) is 5.78 Å². The Labute approximate surface area is 120 Å². The van der Waals surface area contributed by atoms with Crippen LogP contribution in [0.1, 0.15) is 30.6 Å². The van der Waals surface area contributed by atoms with Crippen LogP contribution >= 0.6 is 15.9 Å². The zero-order chi connectivity index (χ0) is 14.0. The number of amides is 1. The molecule has 19 heavy (non-hydrogen) atoms. The Morgan fingerprint density at radius 1 is 1.42 bits per heavy atom. The fourth-order valence-corrected chi connectivity index (χ4v) is 2.58. The Kier molecular flexibility index (Phi) is 4.37. The van der Waals surface area contributed by atoms with Crippen molar-refractivity contribution in [3.63, 3.8) is 0 Å². The summed E-state index contributed by atoms with van der Waals surface area (Å²) in [6.07, 6.45) is 0.648. The lowest BCUT2D eigenvalue weighted by atomic mass is 10.0. The van der Waals surface area contributed by atoms with Crippen molar-refractivity contribution >= 4 is 33.3 Å². The molecule has 0 bridgehead atoms. The first-order chi connectivity index (χ1) is 8.99. The van der Waals surface area contributed by atoms with E-state index in [2.05, 4.69) is 21.2 Å². The molecule has 1 N–H and O–H groups in total. The maximum absolute atomic E-state index is 12.2. The molecule has 5 heteroatoms. The van der Waals surface area contributed by atoms with Crippen LogP contribution in [0.3, 0.4) is 0 Å². The first-order valence-electron chi connectivity index (χ1n) is 6.22. The highest BCUT2D eigenvalue weighted by molar-refractivity contribution is 9.10. The standard InChI is InChI=1S/C14H16BrNO3/c1-8(17)12-7-10(15)3-4-13(12)16-14(18)11-5-6-19-9(11)2/h3-4,7,9,11H,5-6H2,1-2H3,(H,16,18)/t9-,11+/m1/s1. The number of Topliss-reactive ketones (excluding diaryl/α,β-unsaturated/α-hetero) is 1. The smallest absolute Gasteiger partial charge is 0.230 e. The minimum absolute atomic E-state index is 0.0729. The fraction of sp³-hybridized carbons (Fsp3) is 0.429. The maximum atomic E-state index is 12.2. The first kappa shape index (κ1) is 14.2. The summed E-state index contributed by atoms with van der Waals surface area (Å²) in [6.45, 7) is 3.99. The Morgan fingerprint density at radius 2 is 2.16 bits per heavy atom. The third kappa shape index (κ3) is 3.22. The predicted molar refractivity (Wildman–Crippen MR) is 76.3 cm³/mol. The average Bonchev–Trinajstić information content (AvgIpc) is 2.77. The van der Waals surface area contributed by atoms with Gasteiger partial charge < -0.3 is 10.1 Å². The molecule has 0 radical (unpaired) electrons. The van der Waals surface area contributed by atoms with E-state index >= 15 is 0 Å². The predicted octanol–water partition coefficient (Wildman–Crippen LogP) is 3.02. The van der Waals surface area contributed by atoms with E-state index in [4.69, 9.17) is 4.74 Å². The zero-order valence-corrected chi connectivity index (χ0v) is 12.5.